The molecule has 76 valence electrons. The summed E-state index contributed by atoms with van der Waals surface area (Å²) < 4.78 is 0. The van der Waals surface area contributed by atoms with E-state index in [9.17, 15) is 0 Å². The molecule has 1 aromatic carbocycles. The third-order valence-corrected chi connectivity index (χ3v) is 1.97. The molecule has 0 bridgehead atoms. The van der Waals surface area contributed by atoms with Crippen molar-refractivity contribution >= 4 is 6.21 Å². The minimum Gasteiger partial charge on any atom is -0.317 e. The molecule has 0 aliphatic heterocycles. The maximum Gasteiger partial charge on any atom is 0.0676 e. The van der Waals surface area contributed by atoms with Crippen LogP contribution >= 0.6 is 0 Å². The van der Waals surface area contributed by atoms with E-state index in [1.54, 1.807) is 0 Å². The SMILES string of the molecule is CNCC(C)(C)N=Cc1ccccc1. The zero-order valence-electron chi connectivity index (χ0n) is 9.12. The molecule has 0 amide bonds. The van der Waals surface area contributed by atoms with E-state index < -0.39 is 0 Å². The molecule has 0 spiro atoms. The monoisotopic (exact) mass is 190 g/mol. The molecule has 1 N–H and O–H groups in total. The van der Waals surface area contributed by atoms with Crippen LogP contribution in [0.3, 0.4) is 0 Å². The van der Waals surface area contributed by atoms with Gasteiger partial charge in [0, 0.05) is 12.8 Å². The summed E-state index contributed by atoms with van der Waals surface area (Å²) in [5.74, 6) is 0. The topological polar surface area (TPSA) is 24.4 Å². The minimum absolute atomic E-state index is 0.0371. The predicted molar refractivity (Wildman–Crippen MR) is 62.0 cm³/mol. The standard InChI is InChI=1S/C12H18N2/c1-12(2,10-13-3)14-9-11-7-5-4-6-8-11/h4-9,13H,10H2,1-3H3. The van der Waals surface area contributed by atoms with Crippen LogP contribution in [0.4, 0.5) is 0 Å². The Morgan fingerprint density at radius 2 is 1.93 bits per heavy atom. The molecule has 14 heavy (non-hydrogen) atoms. The maximum atomic E-state index is 4.53. The highest BCUT2D eigenvalue weighted by Gasteiger charge is 2.12. The summed E-state index contributed by atoms with van der Waals surface area (Å²) in [6.45, 7) is 5.11. The van der Waals surface area contributed by atoms with Crippen LogP contribution in [0.15, 0.2) is 35.3 Å². The second kappa shape index (κ2) is 4.91. The van der Waals surface area contributed by atoms with Crippen LogP contribution in [0, 0.1) is 0 Å². The zero-order chi connectivity index (χ0) is 10.4. The van der Waals surface area contributed by atoms with Gasteiger partial charge in [0.2, 0.25) is 0 Å². The van der Waals surface area contributed by atoms with Crippen LogP contribution in [-0.4, -0.2) is 25.3 Å². The van der Waals surface area contributed by atoms with Gasteiger partial charge < -0.3 is 5.32 Å². The third-order valence-electron chi connectivity index (χ3n) is 1.97. The highest BCUT2D eigenvalue weighted by Crippen LogP contribution is 2.07. The molecule has 2 heteroatoms. The first-order valence-electron chi connectivity index (χ1n) is 4.89. The molecule has 0 saturated heterocycles. The van der Waals surface area contributed by atoms with Gasteiger partial charge in [-0.3, -0.25) is 4.99 Å². The number of nitrogens with zero attached hydrogens (tertiary/aromatic N) is 1. The quantitative estimate of drug-likeness (QED) is 0.722. The van der Waals surface area contributed by atoms with Crippen molar-refractivity contribution in [2.75, 3.05) is 13.6 Å². The Balaban J connectivity index is 2.64. The molecule has 0 unspecified atom stereocenters. The van der Waals surface area contributed by atoms with Crippen molar-refractivity contribution in [1.82, 2.24) is 5.32 Å². The third kappa shape index (κ3) is 3.71. The van der Waals surface area contributed by atoms with Gasteiger partial charge in [-0.1, -0.05) is 30.3 Å². The number of aliphatic imine (C=N–C) groups is 1. The Kier molecular flexibility index (Phi) is 3.84. The van der Waals surface area contributed by atoms with E-state index in [1.165, 1.54) is 0 Å². The lowest BCUT2D eigenvalue weighted by Gasteiger charge is -2.18. The Morgan fingerprint density at radius 3 is 2.50 bits per heavy atom. The van der Waals surface area contributed by atoms with E-state index in [2.05, 4.69) is 36.3 Å². The van der Waals surface area contributed by atoms with Crippen LogP contribution in [0.5, 0.6) is 0 Å². The molecule has 0 aliphatic carbocycles. The highest BCUT2D eigenvalue weighted by atomic mass is 14.9. The first-order chi connectivity index (χ1) is 6.64. The summed E-state index contributed by atoms with van der Waals surface area (Å²) in [6, 6.07) is 10.2. The Morgan fingerprint density at radius 1 is 1.29 bits per heavy atom. The van der Waals surface area contributed by atoms with Gasteiger partial charge in [0.1, 0.15) is 0 Å². The molecule has 0 aromatic heterocycles. The molecular formula is C12H18N2. The molecule has 0 radical (unpaired) electrons. The van der Waals surface area contributed by atoms with Crippen molar-refractivity contribution < 1.29 is 0 Å². The number of nitrogens with one attached hydrogen (secondary N) is 1. The Bertz CT molecular complexity index is 288. The van der Waals surface area contributed by atoms with E-state index in [0.29, 0.717) is 0 Å². The summed E-state index contributed by atoms with van der Waals surface area (Å²) in [6.07, 6.45) is 1.93. The lowest BCUT2D eigenvalue weighted by molar-refractivity contribution is 0.495. The van der Waals surface area contributed by atoms with Crippen LogP contribution in [0.2, 0.25) is 0 Å². The van der Waals surface area contributed by atoms with Gasteiger partial charge in [0.25, 0.3) is 0 Å². The van der Waals surface area contributed by atoms with Crippen LogP contribution in [-0.2, 0) is 0 Å². The van der Waals surface area contributed by atoms with Crippen molar-refractivity contribution in [1.29, 1.82) is 0 Å². The highest BCUT2D eigenvalue weighted by molar-refractivity contribution is 5.79. The molecular weight excluding hydrogens is 172 g/mol. The number of hydrogen-bond donors (Lipinski definition) is 1. The largest absolute Gasteiger partial charge is 0.317 e. The van der Waals surface area contributed by atoms with Crippen molar-refractivity contribution in [3.63, 3.8) is 0 Å². The van der Waals surface area contributed by atoms with Gasteiger partial charge in [-0.2, -0.15) is 0 Å². The van der Waals surface area contributed by atoms with Crippen molar-refractivity contribution in [2.24, 2.45) is 4.99 Å². The second-order valence-corrected chi connectivity index (χ2v) is 4.01. The average molecular weight is 190 g/mol. The number of likely N-dealkylation sites (N-methyl/N-ethyl adjacent to an activating group) is 1. The second-order valence-electron chi connectivity index (χ2n) is 4.01. The van der Waals surface area contributed by atoms with Crippen LogP contribution < -0.4 is 5.32 Å². The van der Waals surface area contributed by atoms with Crippen LogP contribution in [0.1, 0.15) is 19.4 Å². The number of hydrogen-bond acceptors (Lipinski definition) is 2. The fourth-order valence-electron chi connectivity index (χ4n) is 1.27. The smallest absolute Gasteiger partial charge is 0.0676 e. The summed E-state index contributed by atoms with van der Waals surface area (Å²) in [5.41, 5.74) is 1.11. The van der Waals surface area contributed by atoms with Gasteiger partial charge in [0.15, 0.2) is 0 Å². The van der Waals surface area contributed by atoms with Gasteiger partial charge in [-0.25, -0.2) is 0 Å². The van der Waals surface area contributed by atoms with E-state index in [-0.39, 0.29) is 5.54 Å². The van der Waals surface area contributed by atoms with E-state index in [4.69, 9.17) is 0 Å². The summed E-state index contributed by atoms with van der Waals surface area (Å²) in [5, 5.41) is 3.13. The molecule has 0 fully saturated rings. The maximum absolute atomic E-state index is 4.53. The molecule has 1 rings (SSSR count). The van der Waals surface area contributed by atoms with Crippen molar-refractivity contribution in [3.05, 3.63) is 35.9 Å². The van der Waals surface area contributed by atoms with E-state index in [0.717, 1.165) is 12.1 Å². The average Bonchev–Trinajstić information content (AvgIpc) is 2.17. The van der Waals surface area contributed by atoms with Crippen molar-refractivity contribution in [2.45, 2.75) is 19.4 Å². The molecule has 0 heterocycles. The van der Waals surface area contributed by atoms with E-state index >= 15 is 0 Å². The summed E-state index contributed by atoms with van der Waals surface area (Å²) in [7, 11) is 1.94. The van der Waals surface area contributed by atoms with Gasteiger partial charge in [-0.15, -0.1) is 0 Å². The van der Waals surface area contributed by atoms with Gasteiger partial charge in [0.05, 0.1) is 5.54 Å². The molecule has 2 nitrogen and oxygen atoms in total. The zero-order valence-corrected chi connectivity index (χ0v) is 9.12. The first kappa shape index (κ1) is 10.9. The van der Waals surface area contributed by atoms with Crippen molar-refractivity contribution in [3.8, 4) is 0 Å². The minimum atomic E-state index is -0.0371. The Hall–Kier alpha value is -1.15. The summed E-state index contributed by atoms with van der Waals surface area (Å²) in [4.78, 5) is 4.53. The summed E-state index contributed by atoms with van der Waals surface area (Å²) >= 11 is 0. The lowest BCUT2D eigenvalue weighted by atomic mass is 10.1. The number of benzene rings is 1. The lowest BCUT2D eigenvalue weighted by Crippen LogP contribution is -2.31. The predicted octanol–water partition coefficient (Wildman–Crippen LogP) is 2.10. The first-order valence-corrected chi connectivity index (χ1v) is 4.89. The van der Waals surface area contributed by atoms with Crippen LogP contribution in [0.25, 0.3) is 0 Å². The fourth-order valence-corrected chi connectivity index (χ4v) is 1.27. The van der Waals surface area contributed by atoms with Gasteiger partial charge in [-0.05, 0) is 26.5 Å². The molecule has 1 aromatic rings. The fraction of sp³-hybridized carbons (Fsp3) is 0.417. The number of rotatable bonds is 4. The molecule has 0 saturated carbocycles. The van der Waals surface area contributed by atoms with E-state index in [1.807, 2.05) is 31.5 Å². The Labute approximate surface area is 86.1 Å². The normalized spacial score (nSPS) is 12.2. The van der Waals surface area contributed by atoms with Gasteiger partial charge >= 0.3 is 0 Å². The molecule has 0 aliphatic rings. The molecule has 0 atom stereocenters.